The molecule has 0 bridgehead atoms. The maximum Gasteiger partial charge on any atom is 0.337 e. The van der Waals surface area contributed by atoms with Gasteiger partial charge >= 0.3 is 11.9 Å². The highest BCUT2D eigenvalue weighted by molar-refractivity contribution is 5.91. The van der Waals surface area contributed by atoms with Crippen LogP contribution in [0.1, 0.15) is 63.9 Å². The quantitative estimate of drug-likeness (QED) is 0.208. The van der Waals surface area contributed by atoms with E-state index in [9.17, 15) is 19.2 Å². The fourth-order valence-corrected chi connectivity index (χ4v) is 2.86. The van der Waals surface area contributed by atoms with E-state index in [1.54, 1.807) is 48.5 Å². The molecule has 0 aromatic heterocycles. The van der Waals surface area contributed by atoms with Gasteiger partial charge < -0.3 is 9.47 Å². The van der Waals surface area contributed by atoms with E-state index >= 15 is 0 Å². The summed E-state index contributed by atoms with van der Waals surface area (Å²) in [5.74, 6) is -1.29. The van der Waals surface area contributed by atoms with Gasteiger partial charge in [-0.2, -0.15) is 10.2 Å². The number of ether oxygens (including phenoxy) is 2. The number of hydrazone groups is 2. The number of unbranched alkanes of at least 4 members (excludes halogenated alkanes) is 2. The molecule has 184 valence electrons. The molecule has 0 heterocycles. The van der Waals surface area contributed by atoms with Crippen LogP contribution in [0, 0.1) is 0 Å². The highest BCUT2D eigenvalue weighted by atomic mass is 16.5. The predicted octanol–water partition coefficient (Wildman–Crippen LogP) is 2.81. The van der Waals surface area contributed by atoms with E-state index in [1.807, 2.05) is 0 Å². The highest BCUT2D eigenvalue weighted by Crippen LogP contribution is 2.06. The highest BCUT2D eigenvalue weighted by Gasteiger charge is 2.05. The molecule has 2 rings (SSSR count). The molecule has 2 aromatic carbocycles. The third kappa shape index (κ3) is 9.99. The molecule has 2 aromatic rings. The van der Waals surface area contributed by atoms with Gasteiger partial charge in [-0.1, -0.05) is 30.7 Å². The zero-order valence-electron chi connectivity index (χ0n) is 19.7. The Balaban J connectivity index is 1.57. The number of hydrogen-bond acceptors (Lipinski definition) is 8. The van der Waals surface area contributed by atoms with Gasteiger partial charge in [0.25, 0.3) is 0 Å². The average Bonchev–Trinajstić information content (AvgIpc) is 2.88. The molecule has 0 aliphatic carbocycles. The van der Waals surface area contributed by atoms with Gasteiger partial charge in [-0.3, -0.25) is 9.59 Å². The summed E-state index contributed by atoms with van der Waals surface area (Å²) in [6, 6.07) is 13.2. The van der Waals surface area contributed by atoms with E-state index in [2.05, 4.69) is 30.5 Å². The maximum absolute atomic E-state index is 11.9. The van der Waals surface area contributed by atoms with Crippen molar-refractivity contribution in [1.29, 1.82) is 0 Å². The van der Waals surface area contributed by atoms with Crippen LogP contribution < -0.4 is 10.9 Å². The van der Waals surface area contributed by atoms with Crippen LogP contribution in [0.5, 0.6) is 0 Å². The zero-order valence-corrected chi connectivity index (χ0v) is 19.7. The van der Waals surface area contributed by atoms with Crippen LogP contribution in [0.15, 0.2) is 58.7 Å². The first-order valence-electron chi connectivity index (χ1n) is 10.9. The molecule has 0 saturated heterocycles. The second-order valence-corrected chi connectivity index (χ2v) is 7.37. The number of hydrogen-bond donors (Lipinski definition) is 2. The number of nitrogens with zero attached hydrogens (tertiary/aromatic N) is 2. The Kier molecular flexibility index (Phi) is 11.3. The number of methoxy groups -OCH3 is 2. The van der Waals surface area contributed by atoms with Crippen LogP contribution in [0.4, 0.5) is 0 Å². The second-order valence-electron chi connectivity index (χ2n) is 7.37. The minimum atomic E-state index is -0.420. The molecule has 10 heteroatoms. The summed E-state index contributed by atoms with van der Waals surface area (Å²) in [6.07, 6.45) is 5.50. The standard InChI is InChI=1S/C25H28N4O6/c1-34-24(32)20-12-8-18(9-13-20)16-26-28-22(30)6-4-3-5-7-23(31)29-27-17-19-10-14-21(15-11-19)25(33)35-2/h8-17H,3-7H2,1-2H3,(H,28,30)(H,29,31). The van der Waals surface area contributed by atoms with Crippen LogP contribution >= 0.6 is 0 Å². The summed E-state index contributed by atoms with van der Waals surface area (Å²) in [6.45, 7) is 0. The molecule has 0 aliphatic heterocycles. The summed E-state index contributed by atoms with van der Waals surface area (Å²) in [4.78, 5) is 46.5. The molecular weight excluding hydrogens is 452 g/mol. The molecule has 2 N–H and O–H groups in total. The Morgan fingerprint density at radius 2 is 1.03 bits per heavy atom. The molecule has 0 saturated carbocycles. The molecule has 0 fully saturated rings. The number of carbonyl (C=O) groups is 4. The minimum absolute atomic E-state index is 0.222. The number of benzene rings is 2. The van der Waals surface area contributed by atoms with Gasteiger partial charge in [0.1, 0.15) is 0 Å². The Labute approximate surface area is 203 Å². The SMILES string of the molecule is COC(=O)c1ccc(C=NNC(=O)CCCCCC(=O)NN=Cc2ccc(C(=O)OC)cc2)cc1. The summed E-state index contributed by atoms with van der Waals surface area (Å²) < 4.78 is 9.27. The van der Waals surface area contributed by atoms with Crippen molar-refractivity contribution in [1.82, 2.24) is 10.9 Å². The number of carbonyl (C=O) groups excluding carboxylic acids is 4. The third-order valence-electron chi connectivity index (χ3n) is 4.78. The summed E-state index contributed by atoms with van der Waals surface area (Å²) in [5, 5.41) is 7.79. The second kappa shape index (κ2) is 14.7. The van der Waals surface area contributed by atoms with Crippen LogP contribution in [0.3, 0.4) is 0 Å². The molecular formula is C25H28N4O6. The van der Waals surface area contributed by atoms with Crippen LogP contribution in [0.2, 0.25) is 0 Å². The lowest BCUT2D eigenvalue weighted by molar-refractivity contribution is -0.121. The largest absolute Gasteiger partial charge is 0.465 e. The zero-order chi connectivity index (χ0) is 25.5. The molecule has 35 heavy (non-hydrogen) atoms. The number of rotatable bonds is 12. The van der Waals surface area contributed by atoms with Crippen molar-refractivity contribution in [2.75, 3.05) is 14.2 Å². The number of esters is 2. The lowest BCUT2D eigenvalue weighted by Gasteiger charge is -2.02. The third-order valence-corrected chi connectivity index (χ3v) is 4.78. The van der Waals surface area contributed by atoms with Gasteiger partial charge in [0.05, 0.1) is 37.8 Å². The fourth-order valence-electron chi connectivity index (χ4n) is 2.86. The van der Waals surface area contributed by atoms with Crippen LogP contribution in [-0.4, -0.2) is 50.4 Å². The van der Waals surface area contributed by atoms with Crippen LogP contribution in [-0.2, 0) is 19.1 Å². The van der Waals surface area contributed by atoms with Gasteiger partial charge in [-0.15, -0.1) is 0 Å². The van der Waals surface area contributed by atoms with Gasteiger partial charge in [0.15, 0.2) is 0 Å². The topological polar surface area (TPSA) is 136 Å². The Morgan fingerprint density at radius 3 is 1.37 bits per heavy atom. The smallest absolute Gasteiger partial charge is 0.337 e. The molecule has 0 spiro atoms. The van der Waals surface area contributed by atoms with Crippen molar-refractivity contribution in [3.05, 3.63) is 70.8 Å². The Bertz CT molecular complexity index is 977. The average molecular weight is 481 g/mol. The summed E-state index contributed by atoms with van der Waals surface area (Å²) in [5.41, 5.74) is 7.22. The van der Waals surface area contributed by atoms with Gasteiger partial charge in [-0.05, 0) is 48.2 Å². The molecule has 0 atom stereocenters. The molecule has 2 amide bonds. The van der Waals surface area contributed by atoms with E-state index < -0.39 is 11.9 Å². The van der Waals surface area contributed by atoms with Crippen molar-refractivity contribution in [3.63, 3.8) is 0 Å². The van der Waals surface area contributed by atoms with Crippen molar-refractivity contribution in [3.8, 4) is 0 Å². The number of amides is 2. The van der Waals surface area contributed by atoms with E-state index in [0.717, 1.165) is 11.1 Å². The lowest BCUT2D eigenvalue weighted by Crippen LogP contribution is -2.18. The summed E-state index contributed by atoms with van der Waals surface area (Å²) in [7, 11) is 2.63. The Morgan fingerprint density at radius 1 is 0.657 bits per heavy atom. The van der Waals surface area contributed by atoms with Crippen molar-refractivity contribution >= 4 is 36.2 Å². The van der Waals surface area contributed by atoms with Gasteiger partial charge in [0.2, 0.25) is 11.8 Å². The fraction of sp³-hybridized carbons (Fsp3) is 0.280. The normalized spacial score (nSPS) is 10.8. The van der Waals surface area contributed by atoms with E-state index in [1.165, 1.54) is 26.6 Å². The summed E-state index contributed by atoms with van der Waals surface area (Å²) >= 11 is 0. The van der Waals surface area contributed by atoms with Crippen molar-refractivity contribution in [2.45, 2.75) is 32.1 Å². The molecule has 0 radical (unpaired) electrons. The first kappa shape index (κ1) is 26.9. The first-order valence-corrected chi connectivity index (χ1v) is 10.9. The van der Waals surface area contributed by atoms with Crippen molar-refractivity contribution in [2.24, 2.45) is 10.2 Å². The van der Waals surface area contributed by atoms with Crippen LogP contribution in [0.25, 0.3) is 0 Å². The Hall–Kier alpha value is -4.34. The molecule has 10 nitrogen and oxygen atoms in total. The van der Waals surface area contributed by atoms with Crippen molar-refractivity contribution < 1.29 is 28.7 Å². The predicted molar refractivity (Wildman–Crippen MR) is 130 cm³/mol. The van der Waals surface area contributed by atoms with Gasteiger partial charge in [0, 0.05) is 12.8 Å². The van der Waals surface area contributed by atoms with E-state index in [-0.39, 0.29) is 11.8 Å². The lowest BCUT2D eigenvalue weighted by atomic mass is 10.1. The van der Waals surface area contributed by atoms with E-state index in [4.69, 9.17) is 0 Å². The first-order chi connectivity index (χ1) is 16.9. The minimum Gasteiger partial charge on any atom is -0.465 e. The number of nitrogens with one attached hydrogen (secondary N) is 2. The maximum atomic E-state index is 11.9. The van der Waals surface area contributed by atoms with E-state index in [0.29, 0.717) is 43.2 Å². The molecule has 0 unspecified atom stereocenters. The monoisotopic (exact) mass is 480 g/mol. The van der Waals surface area contributed by atoms with Gasteiger partial charge in [-0.25, -0.2) is 20.4 Å². The molecule has 0 aliphatic rings.